The Labute approximate surface area is 121 Å². The Kier molecular flexibility index (Phi) is 4.56. The van der Waals surface area contributed by atoms with E-state index in [1.165, 1.54) is 6.07 Å². The van der Waals surface area contributed by atoms with E-state index in [1.54, 1.807) is 13.0 Å². The lowest BCUT2D eigenvalue weighted by Gasteiger charge is -2.19. The quantitative estimate of drug-likeness (QED) is 0.892. The van der Waals surface area contributed by atoms with E-state index in [2.05, 4.69) is 21.2 Å². The van der Waals surface area contributed by atoms with Gasteiger partial charge in [-0.05, 0) is 42.3 Å². The largest absolute Gasteiger partial charge is 0.377 e. The summed E-state index contributed by atoms with van der Waals surface area (Å²) in [5.74, 6) is -0.193. The molecule has 2 nitrogen and oxygen atoms in total. The summed E-state index contributed by atoms with van der Waals surface area (Å²) in [5, 5.41) is 3.36. The van der Waals surface area contributed by atoms with Crippen molar-refractivity contribution in [1.29, 1.82) is 0 Å². The highest BCUT2D eigenvalue weighted by Crippen LogP contribution is 2.23. The number of hydrogen-bond acceptors (Lipinski definition) is 2. The Morgan fingerprint density at radius 3 is 2.68 bits per heavy atom. The lowest BCUT2D eigenvalue weighted by Crippen LogP contribution is -2.20. The number of nitrogens with one attached hydrogen (secondary N) is 1. The second kappa shape index (κ2) is 6.17. The third-order valence-corrected chi connectivity index (χ3v) is 3.48. The SMILES string of the molecule is Cc1cc(C(CN)Nc2cccc(Br)c2)ccc1F. The molecule has 3 N–H and O–H groups in total. The van der Waals surface area contributed by atoms with Crippen LogP contribution >= 0.6 is 15.9 Å². The van der Waals surface area contributed by atoms with Crippen LogP contribution in [0.3, 0.4) is 0 Å². The van der Waals surface area contributed by atoms with Crippen LogP contribution in [0.4, 0.5) is 10.1 Å². The van der Waals surface area contributed by atoms with Gasteiger partial charge in [0.2, 0.25) is 0 Å². The molecule has 2 aromatic rings. The first kappa shape index (κ1) is 14.0. The normalized spacial score (nSPS) is 12.2. The predicted molar refractivity (Wildman–Crippen MR) is 80.7 cm³/mol. The van der Waals surface area contributed by atoms with E-state index >= 15 is 0 Å². The molecule has 0 aliphatic carbocycles. The van der Waals surface area contributed by atoms with Gasteiger partial charge >= 0.3 is 0 Å². The molecule has 1 atom stereocenters. The summed E-state index contributed by atoms with van der Waals surface area (Å²) < 4.78 is 14.3. The summed E-state index contributed by atoms with van der Waals surface area (Å²) in [6.45, 7) is 2.20. The average molecular weight is 323 g/mol. The zero-order valence-corrected chi connectivity index (χ0v) is 12.2. The Morgan fingerprint density at radius 1 is 1.26 bits per heavy atom. The third kappa shape index (κ3) is 3.55. The van der Waals surface area contributed by atoms with Gasteiger partial charge in [0.25, 0.3) is 0 Å². The molecule has 0 saturated carbocycles. The topological polar surface area (TPSA) is 38.0 Å². The summed E-state index contributed by atoms with van der Waals surface area (Å²) in [4.78, 5) is 0. The van der Waals surface area contributed by atoms with Gasteiger partial charge < -0.3 is 11.1 Å². The number of anilines is 1. The van der Waals surface area contributed by atoms with Crippen LogP contribution in [0.1, 0.15) is 17.2 Å². The first-order valence-electron chi connectivity index (χ1n) is 6.08. The molecule has 0 fully saturated rings. The Morgan fingerprint density at radius 2 is 2.05 bits per heavy atom. The van der Waals surface area contributed by atoms with E-state index in [0.717, 1.165) is 15.7 Å². The van der Waals surface area contributed by atoms with Crippen molar-refractivity contribution in [2.75, 3.05) is 11.9 Å². The monoisotopic (exact) mass is 322 g/mol. The number of halogens is 2. The van der Waals surface area contributed by atoms with Gasteiger partial charge in [0.05, 0.1) is 6.04 Å². The zero-order valence-electron chi connectivity index (χ0n) is 10.7. The Bertz CT molecular complexity index is 572. The molecule has 19 heavy (non-hydrogen) atoms. The summed E-state index contributed by atoms with van der Waals surface area (Å²) >= 11 is 3.43. The van der Waals surface area contributed by atoms with Gasteiger partial charge in [-0.1, -0.05) is 34.1 Å². The molecule has 0 aliphatic heterocycles. The minimum Gasteiger partial charge on any atom is -0.377 e. The maximum Gasteiger partial charge on any atom is 0.126 e. The van der Waals surface area contributed by atoms with Crippen molar-refractivity contribution in [2.24, 2.45) is 5.73 Å². The highest BCUT2D eigenvalue weighted by Gasteiger charge is 2.11. The smallest absolute Gasteiger partial charge is 0.126 e. The molecule has 0 saturated heterocycles. The molecule has 1 unspecified atom stereocenters. The van der Waals surface area contributed by atoms with Crippen molar-refractivity contribution < 1.29 is 4.39 Å². The van der Waals surface area contributed by atoms with E-state index in [0.29, 0.717) is 12.1 Å². The molecule has 0 spiro atoms. The second-order valence-corrected chi connectivity index (χ2v) is 5.37. The van der Waals surface area contributed by atoms with Crippen LogP contribution in [0.2, 0.25) is 0 Å². The summed E-state index contributed by atoms with van der Waals surface area (Å²) in [5.41, 5.74) is 8.41. The van der Waals surface area contributed by atoms with Gasteiger partial charge in [-0.15, -0.1) is 0 Å². The van der Waals surface area contributed by atoms with Crippen molar-refractivity contribution in [1.82, 2.24) is 0 Å². The van der Waals surface area contributed by atoms with Gasteiger partial charge in [-0.3, -0.25) is 0 Å². The van der Waals surface area contributed by atoms with Crippen LogP contribution in [0.15, 0.2) is 46.9 Å². The van der Waals surface area contributed by atoms with Crippen LogP contribution in [-0.2, 0) is 0 Å². The number of benzene rings is 2. The fourth-order valence-corrected chi connectivity index (χ4v) is 2.34. The lowest BCUT2D eigenvalue weighted by atomic mass is 10.0. The first-order valence-corrected chi connectivity index (χ1v) is 6.87. The van der Waals surface area contributed by atoms with Crippen molar-refractivity contribution in [3.05, 3.63) is 63.9 Å². The van der Waals surface area contributed by atoms with Crippen LogP contribution in [0, 0.1) is 12.7 Å². The van der Waals surface area contributed by atoms with E-state index < -0.39 is 0 Å². The summed E-state index contributed by atoms with van der Waals surface area (Å²) in [6.07, 6.45) is 0. The molecule has 0 heterocycles. The first-order chi connectivity index (χ1) is 9.10. The maximum absolute atomic E-state index is 13.3. The molecule has 4 heteroatoms. The standard InChI is InChI=1S/C15H16BrFN2/c1-10-7-11(5-6-14(10)17)15(9-18)19-13-4-2-3-12(16)8-13/h2-8,15,19H,9,18H2,1H3. The third-order valence-electron chi connectivity index (χ3n) is 2.99. The average Bonchev–Trinajstić information content (AvgIpc) is 2.39. The van der Waals surface area contributed by atoms with Gasteiger partial charge in [0.15, 0.2) is 0 Å². The molecule has 2 rings (SSSR count). The lowest BCUT2D eigenvalue weighted by molar-refractivity contribution is 0.616. The van der Waals surface area contributed by atoms with E-state index in [1.807, 2.05) is 30.3 Å². The van der Waals surface area contributed by atoms with Gasteiger partial charge in [0, 0.05) is 16.7 Å². The predicted octanol–water partition coefficient (Wildman–Crippen LogP) is 4.01. The minimum atomic E-state index is -0.193. The number of hydrogen-bond donors (Lipinski definition) is 2. The fraction of sp³-hybridized carbons (Fsp3) is 0.200. The van der Waals surface area contributed by atoms with Crippen molar-refractivity contribution in [2.45, 2.75) is 13.0 Å². The highest BCUT2D eigenvalue weighted by molar-refractivity contribution is 9.10. The fourth-order valence-electron chi connectivity index (χ4n) is 1.94. The number of rotatable bonds is 4. The van der Waals surface area contributed by atoms with Crippen LogP contribution in [0.5, 0.6) is 0 Å². The molecule has 2 aromatic carbocycles. The van der Waals surface area contributed by atoms with E-state index in [9.17, 15) is 4.39 Å². The minimum absolute atomic E-state index is 0.0337. The molecular formula is C15H16BrFN2. The van der Waals surface area contributed by atoms with Crippen LogP contribution < -0.4 is 11.1 Å². The van der Waals surface area contributed by atoms with Crippen molar-refractivity contribution >= 4 is 21.6 Å². The van der Waals surface area contributed by atoms with Crippen molar-refractivity contribution in [3.63, 3.8) is 0 Å². The van der Waals surface area contributed by atoms with Gasteiger partial charge in [-0.2, -0.15) is 0 Å². The molecule has 0 amide bonds. The zero-order chi connectivity index (χ0) is 13.8. The molecule has 0 bridgehead atoms. The summed E-state index contributed by atoms with van der Waals surface area (Å²) in [6, 6.07) is 12.9. The maximum atomic E-state index is 13.3. The summed E-state index contributed by atoms with van der Waals surface area (Å²) in [7, 11) is 0. The molecular weight excluding hydrogens is 307 g/mol. The molecule has 0 aliphatic rings. The van der Waals surface area contributed by atoms with Crippen molar-refractivity contribution in [3.8, 4) is 0 Å². The molecule has 0 aromatic heterocycles. The number of nitrogens with two attached hydrogens (primary N) is 1. The second-order valence-electron chi connectivity index (χ2n) is 4.45. The van der Waals surface area contributed by atoms with Gasteiger partial charge in [0.1, 0.15) is 5.82 Å². The van der Waals surface area contributed by atoms with E-state index in [-0.39, 0.29) is 11.9 Å². The number of aryl methyl sites for hydroxylation is 1. The van der Waals surface area contributed by atoms with Crippen LogP contribution in [0.25, 0.3) is 0 Å². The van der Waals surface area contributed by atoms with Gasteiger partial charge in [-0.25, -0.2) is 4.39 Å². The van der Waals surface area contributed by atoms with E-state index in [4.69, 9.17) is 5.73 Å². The highest BCUT2D eigenvalue weighted by atomic mass is 79.9. The molecule has 0 radical (unpaired) electrons. The Balaban J connectivity index is 2.22. The Hall–Kier alpha value is -1.39. The van der Waals surface area contributed by atoms with Crippen LogP contribution in [-0.4, -0.2) is 6.54 Å². The molecule has 100 valence electrons.